The van der Waals surface area contributed by atoms with Gasteiger partial charge in [0, 0.05) is 19.1 Å². The molecule has 0 aliphatic rings. The monoisotopic (exact) mass is 264 g/mol. The molecule has 1 aromatic carbocycles. The second-order valence-corrected chi connectivity index (χ2v) is 5.36. The Hall–Kier alpha value is -1.06. The molecule has 0 saturated carbocycles. The predicted molar refractivity (Wildman–Crippen MR) is 82.2 cm³/mol. The first kappa shape index (κ1) is 16.0. The first-order valence-electron chi connectivity index (χ1n) is 7.12. The Morgan fingerprint density at radius 2 is 1.79 bits per heavy atom. The van der Waals surface area contributed by atoms with Crippen LogP contribution in [0.3, 0.4) is 0 Å². The molecular weight excluding hydrogens is 236 g/mol. The fourth-order valence-electron chi connectivity index (χ4n) is 2.14. The first-order valence-corrected chi connectivity index (χ1v) is 7.12. The van der Waals surface area contributed by atoms with Crippen LogP contribution in [-0.2, 0) is 6.42 Å². The standard InChI is InChI=1S/C16H28N2O/c1-12(2)18-9-8-17-7-6-15-10-14(4)16(19-5)11-13(15)3/h10-12,17-18H,6-9H2,1-5H3. The lowest BCUT2D eigenvalue weighted by atomic mass is 10.0. The molecule has 19 heavy (non-hydrogen) atoms. The number of hydrogen-bond donors (Lipinski definition) is 2. The summed E-state index contributed by atoms with van der Waals surface area (Å²) in [5.74, 6) is 0.982. The molecule has 0 aliphatic carbocycles. The second-order valence-electron chi connectivity index (χ2n) is 5.36. The van der Waals surface area contributed by atoms with Crippen LogP contribution in [-0.4, -0.2) is 32.8 Å². The smallest absolute Gasteiger partial charge is 0.122 e. The van der Waals surface area contributed by atoms with Crippen molar-refractivity contribution in [3.63, 3.8) is 0 Å². The highest BCUT2D eigenvalue weighted by atomic mass is 16.5. The van der Waals surface area contributed by atoms with Crippen LogP contribution in [0.1, 0.15) is 30.5 Å². The van der Waals surface area contributed by atoms with Gasteiger partial charge in [-0.05, 0) is 49.6 Å². The molecule has 0 atom stereocenters. The van der Waals surface area contributed by atoms with E-state index in [1.54, 1.807) is 7.11 Å². The quantitative estimate of drug-likeness (QED) is 0.708. The Balaban J connectivity index is 2.35. The van der Waals surface area contributed by atoms with E-state index in [-0.39, 0.29) is 0 Å². The minimum atomic E-state index is 0.563. The zero-order valence-electron chi connectivity index (χ0n) is 13.0. The molecule has 1 rings (SSSR count). The molecule has 0 amide bonds. The zero-order valence-corrected chi connectivity index (χ0v) is 13.0. The summed E-state index contributed by atoms with van der Waals surface area (Å²) in [6.07, 6.45) is 1.07. The lowest BCUT2D eigenvalue weighted by molar-refractivity contribution is 0.411. The number of rotatable bonds is 8. The van der Waals surface area contributed by atoms with Crippen LogP contribution in [0.25, 0.3) is 0 Å². The van der Waals surface area contributed by atoms with Crippen molar-refractivity contribution < 1.29 is 4.74 Å². The molecule has 2 N–H and O–H groups in total. The summed E-state index contributed by atoms with van der Waals surface area (Å²) in [6, 6.07) is 4.93. The molecule has 0 aromatic heterocycles. The highest BCUT2D eigenvalue weighted by Crippen LogP contribution is 2.22. The van der Waals surface area contributed by atoms with Gasteiger partial charge >= 0.3 is 0 Å². The number of ether oxygens (including phenoxy) is 1. The molecule has 0 radical (unpaired) electrons. The summed E-state index contributed by atoms with van der Waals surface area (Å²) in [4.78, 5) is 0. The van der Waals surface area contributed by atoms with Crippen molar-refractivity contribution in [3.8, 4) is 5.75 Å². The van der Waals surface area contributed by atoms with Crippen molar-refractivity contribution >= 4 is 0 Å². The van der Waals surface area contributed by atoms with Gasteiger partial charge in [0.25, 0.3) is 0 Å². The van der Waals surface area contributed by atoms with Crippen molar-refractivity contribution in [1.82, 2.24) is 10.6 Å². The Kier molecular flexibility index (Phi) is 6.89. The molecule has 0 saturated heterocycles. The summed E-state index contributed by atoms with van der Waals surface area (Å²) < 4.78 is 5.34. The summed E-state index contributed by atoms with van der Waals surface area (Å²) in [6.45, 7) is 11.7. The molecule has 0 fully saturated rings. The largest absolute Gasteiger partial charge is 0.496 e. The van der Waals surface area contributed by atoms with Crippen LogP contribution >= 0.6 is 0 Å². The molecule has 0 heterocycles. The van der Waals surface area contributed by atoms with Crippen molar-refractivity contribution in [1.29, 1.82) is 0 Å². The van der Waals surface area contributed by atoms with Crippen LogP contribution in [0.2, 0.25) is 0 Å². The third kappa shape index (κ3) is 5.62. The summed E-state index contributed by atoms with van der Waals surface area (Å²) in [5.41, 5.74) is 3.93. The van der Waals surface area contributed by atoms with Gasteiger partial charge in [-0.25, -0.2) is 0 Å². The van der Waals surface area contributed by atoms with Crippen LogP contribution in [0.15, 0.2) is 12.1 Å². The summed E-state index contributed by atoms with van der Waals surface area (Å²) >= 11 is 0. The average molecular weight is 264 g/mol. The maximum atomic E-state index is 5.34. The fourth-order valence-corrected chi connectivity index (χ4v) is 2.14. The Bertz CT molecular complexity index is 389. The number of hydrogen-bond acceptors (Lipinski definition) is 3. The van der Waals surface area contributed by atoms with E-state index in [0.29, 0.717) is 6.04 Å². The molecule has 1 aromatic rings. The minimum absolute atomic E-state index is 0.563. The van der Waals surface area contributed by atoms with Gasteiger partial charge in [-0.15, -0.1) is 0 Å². The first-order chi connectivity index (χ1) is 9.04. The van der Waals surface area contributed by atoms with E-state index in [1.165, 1.54) is 16.7 Å². The maximum absolute atomic E-state index is 5.34. The predicted octanol–water partition coefficient (Wildman–Crippen LogP) is 2.44. The number of benzene rings is 1. The maximum Gasteiger partial charge on any atom is 0.122 e. The molecule has 3 heteroatoms. The molecule has 0 aliphatic heterocycles. The van der Waals surface area contributed by atoms with E-state index in [2.05, 4.69) is 50.5 Å². The van der Waals surface area contributed by atoms with Gasteiger partial charge in [-0.2, -0.15) is 0 Å². The third-order valence-electron chi connectivity index (χ3n) is 3.28. The van der Waals surface area contributed by atoms with E-state index in [0.717, 1.165) is 31.8 Å². The molecule has 0 spiro atoms. The van der Waals surface area contributed by atoms with E-state index in [4.69, 9.17) is 4.74 Å². The third-order valence-corrected chi connectivity index (χ3v) is 3.28. The molecule has 0 bridgehead atoms. The topological polar surface area (TPSA) is 33.3 Å². The van der Waals surface area contributed by atoms with Crippen LogP contribution in [0, 0.1) is 13.8 Å². The number of aryl methyl sites for hydroxylation is 2. The van der Waals surface area contributed by atoms with Gasteiger partial charge < -0.3 is 15.4 Å². The minimum Gasteiger partial charge on any atom is -0.496 e. The van der Waals surface area contributed by atoms with Crippen molar-refractivity contribution in [2.24, 2.45) is 0 Å². The number of methoxy groups -OCH3 is 1. The van der Waals surface area contributed by atoms with Crippen LogP contribution < -0.4 is 15.4 Å². The lowest BCUT2D eigenvalue weighted by Gasteiger charge is -2.12. The summed E-state index contributed by atoms with van der Waals surface area (Å²) in [5, 5.41) is 6.87. The van der Waals surface area contributed by atoms with E-state index in [1.807, 2.05) is 0 Å². The van der Waals surface area contributed by atoms with E-state index in [9.17, 15) is 0 Å². The van der Waals surface area contributed by atoms with E-state index >= 15 is 0 Å². The average Bonchev–Trinajstić information content (AvgIpc) is 2.36. The Morgan fingerprint density at radius 3 is 2.42 bits per heavy atom. The van der Waals surface area contributed by atoms with E-state index < -0.39 is 0 Å². The van der Waals surface area contributed by atoms with Crippen molar-refractivity contribution in [3.05, 3.63) is 28.8 Å². The molecular formula is C16H28N2O. The summed E-state index contributed by atoms with van der Waals surface area (Å²) in [7, 11) is 1.73. The lowest BCUT2D eigenvalue weighted by Crippen LogP contribution is -2.32. The zero-order chi connectivity index (χ0) is 14.3. The second kappa shape index (κ2) is 8.18. The Morgan fingerprint density at radius 1 is 1.05 bits per heavy atom. The highest BCUT2D eigenvalue weighted by Gasteiger charge is 2.04. The van der Waals surface area contributed by atoms with Gasteiger partial charge in [0.05, 0.1) is 7.11 Å². The molecule has 0 unspecified atom stereocenters. The van der Waals surface area contributed by atoms with Gasteiger partial charge in [0.15, 0.2) is 0 Å². The van der Waals surface area contributed by atoms with Crippen LogP contribution in [0.4, 0.5) is 0 Å². The number of nitrogens with one attached hydrogen (secondary N) is 2. The van der Waals surface area contributed by atoms with Crippen molar-refractivity contribution in [2.75, 3.05) is 26.7 Å². The highest BCUT2D eigenvalue weighted by molar-refractivity contribution is 5.41. The van der Waals surface area contributed by atoms with Gasteiger partial charge in [-0.3, -0.25) is 0 Å². The van der Waals surface area contributed by atoms with Gasteiger partial charge in [0.2, 0.25) is 0 Å². The van der Waals surface area contributed by atoms with Crippen LogP contribution in [0.5, 0.6) is 5.75 Å². The fraction of sp³-hybridized carbons (Fsp3) is 0.625. The Labute approximate surface area is 117 Å². The normalized spacial score (nSPS) is 11.1. The molecule has 3 nitrogen and oxygen atoms in total. The van der Waals surface area contributed by atoms with Gasteiger partial charge in [-0.1, -0.05) is 19.9 Å². The molecule has 108 valence electrons. The van der Waals surface area contributed by atoms with Crippen molar-refractivity contribution in [2.45, 2.75) is 40.2 Å². The SMILES string of the molecule is COc1cc(C)c(CCNCCNC(C)C)cc1C. The van der Waals surface area contributed by atoms with Gasteiger partial charge in [0.1, 0.15) is 5.75 Å².